The Labute approximate surface area is 132 Å². The van der Waals surface area contributed by atoms with Gasteiger partial charge in [-0.2, -0.15) is 0 Å². The molecule has 0 bridgehead atoms. The number of rotatable bonds is 7. The molecule has 0 radical (unpaired) electrons. The quantitative estimate of drug-likeness (QED) is 0.839. The van der Waals surface area contributed by atoms with E-state index in [0.717, 1.165) is 18.5 Å². The number of ether oxygens (including phenoxy) is 1. The van der Waals surface area contributed by atoms with Crippen LogP contribution in [0.2, 0.25) is 5.02 Å². The Morgan fingerprint density at radius 2 is 2.33 bits per heavy atom. The topological polar surface area (TPSA) is 37.4 Å². The Balaban J connectivity index is 1.83. The second-order valence-corrected chi connectivity index (χ2v) is 6.47. The lowest BCUT2D eigenvalue weighted by Gasteiger charge is -2.19. The third kappa shape index (κ3) is 5.13. The van der Waals surface area contributed by atoms with Crippen LogP contribution in [0.5, 0.6) is 5.88 Å². The molecule has 1 atom stereocenters. The number of nitrogens with zero attached hydrogens (tertiary/aromatic N) is 2. The monoisotopic (exact) mass is 311 g/mol. The minimum atomic E-state index is 0.427. The number of aromatic nitrogens is 1. The van der Waals surface area contributed by atoms with Gasteiger partial charge in [0.25, 0.3) is 0 Å². The third-order valence-electron chi connectivity index (χ3n) is 3.98. The number of nitrogens with one attached hydrogen (secondary N) is 1. The first kappa shape index (κ1) is 16.5. The van der Waals surface area contributed by atoms with Crippen molar-refractivity contribution in [3.63, 3.8) is 0 Å². The first-order valence-corrected chi connectivity index (χ1v) is 8.15. The summed E-state index contributed by atoms with van der Waals surface area (Å²) in [5, 5.41) is 4.05. The maximum Gasteiger partial charge on any atom is 0.213 e. The van der Waals surface area contributed by atoms with Gasteiger partial charge >= 0.3 is 0 Å². The summed E-state index contributed by atoms with van der Waals surface area (Å²) < 4.78 is 5.79. The van der Waals surface area contributed by atoms with Gasteiger partial charge in [-0.1, -0.05) is 25.4 Å². The highest BCUT2D eigenvalue weighted by Gasteiger charge is 2.20. The third-order valence-corrected chi connectivity index (χ3v) is 4.32. The van der Waals surface area contributed by atoms with E-state index < -0.39 is 0 Å². The second-order valence-electron chi connectivity index (χ2n) is 6.06. The second kappa shape index (κ2) is 7.97. The van der Waals surface area contributed by atoms with Gasteiger partial charge < -0.3 is 15.0 Å². The lowest BCUT2D eigenvalue weighted by Crippen LogP contribution is -2.26. The van der Waals surface area contributed by atoms with Gasteiger partial charge in [-0.15, -0.1) is 0 Å². The van der Waals surface area contributed by atoms with Gasteiger partial charge in [-0.3, -0.25) is 0 Å². The zero-order valence-corrected chi connectivity index (χ0v) is 14.0. The van der Waals surface area contributed by atoms with Crippen molar-refractivity contribution in [2.24, 2.45) is 0 Å². The molecule has 2 rings (SSSR count). The molecule has 1 aliphatic heterocycles. The molecule has 1 N–H and O–H groups in total. The molecule has 1 aromatic rings. The van der Waals surface area contributed by atoms with E-state index >= 15 is 0 Å². The Kier molecular flexibility index (Phi) is 6.27. The highest BCUT2D eigenvalue weighted by Crippen LogP contribution is 2.21. The molecule has 118 valence electrons. The summed E-state index contributed by atoms with van der Waals surface area (Å²) in [6.45, 7) is 6.88. The van der Waals surface area contributed by atoms with Crippen molar-refractivity contribution >= 4 is 11.6 Å². The molecular weight excluding hydrogens is 286 g/mol. The van der Waals surface area contributed by atoms with Crippen molar-refractivity contribution in [1.82, 2.24) is 15.2 Å². The van der Waals surface area contributed by atoms with Gasteiger partial charge in [-0.25, -0.2) is 4.98 Å². The zero-order chi connectivity index (χ0) is 15.2. The minimum Gasteiger partial charge on any atom is -0.478 e. The predicted molar refractivity (Wildman–Crippen MR) is 87.0 cm³/mol. The molecular formula is C16H26ClN3O. The highest BCUT2D eigenvalue weighted by atomic mass is 35.5. The van der Waals surface area contributed by atoms with Crippen molar-refractivity contribution in [3.05, 3.63) is 22.8 Å². The van der Waals surface area contributed by atoms with Crippen molar-refractivity contribution in [2.75, 3.05) is 20.2 Å². The predicted octanol–water partition coefficient (Wildman–Crippen LogP) is 3.10. The summed E-state index contributed by atoms with van der Waals surface area (Å²) in [6, 6.07) is 3.02. The van der Waals surface area contributed by atoms with Crippen molar-refractivity contribution in [2.45, 2.75) is 51.7 Å². The number of halogens is 1. The van der Waals surface area contributed by atoms with Gasteiger partial charge in [0.05, 0.1) is 11.6 Å². The summed E-state index contributed by atoms with van der Waals surface area (Å²) in [5.41, 5.74) is 1.04. The fraction of sp³-hybridized carbons (Fsp3) is 0.688. The minimum absolute atomic E-state index is 0.427. The van der Waals surface area contributed by atoms with Gasteiger partial charge in [0, 0.05) is 30.9 Å². The Morgan fingerprint density at radius 1 is 1.52 bits per heavy atom. The molecule has 5 heteroatoms. The summed E-state index contributed by atoms with van der Waals surface area (Å²) in [7, 11) is 2.19. The van der Waals surface area contributed by atoms with Crippen LogP contribution in [0.25, 0.3) is 0 Å². The van der Waals surface area contributed by atoms with Crippen molar-refractivity contribution < 1.29 is 4.74 Å². The highest BCUT2D eigenvalue weighted by molar-refractivity contribution is 6.31. The number of pyridine rings is 1. The largest absolute Gasteiger partial charge is 0.478 e. The number of hydrogen-bond acceptors (Lipinski definition) is 4. The summed E-state index contributed by atoms with van der Waals surface area (Å²) in [6.07, 6.45) is 5.30. The zero-order valence-electron chi connectivity index (χ0n) is 13.2. The van der Waals surface area contributed by atoms with Crippen LogP contribution in [0.1, 0.15) is 38.7 Å². The van der Waals surface area contributed by atoms with E-state index in [4.69, 9.17) is 16.3 Å². The molecule has 0 spiro atoms. The molecule has 1 aromatic heterocycles. The average Bonchev–Trinajstić information content (AvgIpc) is 2.84. The molecule has 0 aromatic carbocycles. The van der Waals surface area contributed by atoms with Crippen LogP contribution in [0.4, 0.5) is 0 Å². The average molecular weight is 312 g/mol. The molecule has 0 amide bonds. The van der Waals surface area contributed by atoms with Crippen LogP contribution in [0.3, 0.4) is 0 Å². The lowest BCUT2D eigenvalue weighted by molar-refractivity contribution is 0.228. The summed E-state index contributed by atoms with van der Waals surface area (Å²) >= 11 is 6.17. The lowest BCUT2D eigenvalue weighted by atomic mass is 10.1. The first-order valence-electron chi connectivity index (χ1n) is 7.77. The Hall–Kier alpha value is -0.840. The van der Waals surface area contributed by atoms with E-state index in [-0.39, 0.29) is 0 Å². The van der Waals surface area contributed by atoms with Gasteiger partial charge in [-0.05, 0) is 38.4 Å². The fourth-order valence-electron chi connectivity index (χ4n) is 2.63. The first-order chi connectivity index (χ1) is 10.1. The van der Waals surface area contributed by atoms with Crippen LogP contribution in [-0.4, -0.2) is 42.2 Å². The molecule has 2 heterocycles. The van der Waals surface area contributed by atoms with Gasteiger partial charge in [0.2, 0.25) is 5.88 Å². The van der Waals surface area contributed by atoms with E-state index in [9.17, 15) is 0 Å². The van der Waals surface area contributed by atoms with Crippen LogP contribution in [-0.2, 0) is 6.54 Å². The van der Waals surface area contributed by atoms with Crippen molar-refractivity contribution in [3.8, 4) is 5.88 Å². The standard InChI is InChI=1S/C16H26ClN3O/c1-12(2)18-10-13-9-16(19-11-15(13)17)21-8-6-14-5-4-7-20(14)3/h9,11-12,14,18H,4-8,10H2,1-3H3. The van der Waals surface area contributed by atoms with E-state index in [1.54, 1.807) is 6.20 Å². The van der Waals surface area contributed by atoms with Crippen molar-refractivity contribution in [1.29, 1.82) is 0 Å². The number of hydrogen-bond donors (Lipinski definition) is 1. The van der Waals surface area contributed by atoms with E-state index in [1.807, 2.05) is 6.07 Å². The molecule has 1 unspecified atom stereocenters. The molecule has 0 saturated carbocycles. The maximum atomic E-state index is 6.17. The van der Waals surface area contributed by atoms with Crippen LogP contribution in [0, 0.1) is 0 Å². The normalized spacial score (nSPS) is 19.4. The molecule has 1 saturated heterocycles. The molecule has 21 heavy (non-hydrogen) atoms. The maximum absolute atomic E-state index is 6.17. The fourth-order valence-corrected chi connectivity index (χ4v) is 2.80. The Bertz CT molecular complexity index is 453. The molecule has 1 aliphatic rings. The Morgan fingerprint density at radius 3 is 3.00 bits per heavy atom. The molecule has 4 nitrogen and oxygen atoms in total. The van der Waals surface area contributed by atoms with Crippen LogP contribution >= 0.6 is 11.6 Å². The summed E-state index contributed by atoms with van der Waals surface area (Å²) in [5.74, 6) is 0.667. The van der Waals surface area contributed by atoms with E-state index in [0.29, 0.717) is 29.6 Å². The smallest absolute Gasteiger partial charge is 0.213 e. The summed E-state index contributed by atoms with van der Waals surface area (Å²) in [4.78, 5) is 6.67. The molecule has 1 fully saturated rings. The van der Waals surface area contributed by atoms with Crippen LogP contribution < -0.4 is 10.1 Å². The number of likely N-dealkylation sites (tertiary alicyclic amines) is 1. The van der Waals surface area contributed by atoms with E-state index in [1.165, 1.54) is 19.4 Å². The van der Waals surface area contributed by atoms with Gasteiger partial charge in [0.15, 0.2) is 0 Å². The van der Waals surface area contributed by atoms with Gasteiger partial charge in [0.1, 0.15) is 0 Å². The SMILES string of the molecule is CC(C)NCc1cc(OCCC2CCCN2C)ncc1Cl. The van der Waals surface area contributed by atoms with Crippen LogP contribution in [0.15, 0.2) is 12.3 Å². The van der Waals surface area contributed by atoms with E-state index in [2.05, 4.69) is 36.1 Å². The molecule has 0 aliphatic carbocycles.